The Morgan fingerprint density at radius 3 is 2.50 bits per heavy atom. The van der Waals surface area contributed by atoms with E-state index < -0.39 is 0 Å². The second-order valence-electron chi connectivity index (χ2n) is 5.74. The van der Waals surface area contributed by atoms with Crippen molar-refractivity contribution in [2.24, 2.45) is 10.5 Å². The Kier molecular flexibility index (Phi) is 5.31. The van der Waals surface area contributed by atoms with Crippen molar-refractivity contribution in [1.82, 2.24) is 5.43 Å². The van der Waals surface area contributed by atoms with Crippen molar-refractivity contribution in [3.05, 3.63) is 29.3 Å². The molecule has 0 aliphatic heterocycles. The molecule has 0 saturated heterocycles. The first kappa shape index (κ1) is 16.2. The molecule has 1 rings (SSSR count). The first-order chi connectivity index (χ1) is 9.31. The Hall–Kier alpha value is -1.84. The molecule has 0 atom stereocenters. The van der Waals surface area contributed by atoms with Crippen molar-refractivity contribution < 1.29 is 9.53 Å². The minimum Gasteiger partial charge on any atom is -0.496 e. The number of amides is 1. The Bertz CT molecular complexity index is 514. The minimum absolute atomic E-state index is 0.0501. The van der Waals surface area contributed by atoms with Crippen LogP contribution < -0.4 is 10.2 Å². The lowest BCUT2D eigenvalue weighted by molar-refractivity contribution is 0.0953. The van der Waals surface area contributed by atoms with Crippen LogP contribution in [-0.4, -0.2) is 18.7 Å². The average molecular weight is 276 g/mol. The molecule has 0 bridgehead atoms. The van der Waals surface area contributed by atoms with Gasteiger partial charge in [0.2, 0.25) is 0 Å². The maximum absolute atomic E-state index is 12.2. The van der Waals surface area contributed by atoms with Gasteiger partial charge < -0.3 is 4.74 Å². The number of carbonyl (C=O) groups is 1. The van der Waals surface area contributed by atoms with E-state index in [9.17, 15) is 4.79 Å². The molecule has 0 spiro atoms. The summed E-state index contributed by atoms with van der Waals surface area (Å²) in [6.45, 7) is 10.1. The fourth-order valence-corrected chi connectivity index (χ4v) is 2.04. The summed E-state index contributed by atoms with van der Waals surface area (Å²) in [4.78, 5) is 12.2. The monoisotopic (exact) mass is 276 g/mol. The third-order valence-electron chi connectivity index (χ3n) is 3.24. The summed E-state index contributed by atoms with van der Waals surface area (Å²) in [6, 6.07) is 5.41. The lowest BCUT2D eigenvalue weighted by Crippen LogP contribution is -2.26. The lowest BCUT2D eigenvalue weighted by Gasteiger charge is -2.20. The van der Waals surface area contributed by atoms with Crippen LogP contribution in [-0.2, 0) is 0 Å². The summed E-state index contributed by atoms with van der Waals surface area (Å²) in [5.41, 5.74) is 4.95. The highest BCUT2D eigenvalue weighted by Crippen LogP contribution is 2.21. The van der Waals surface area contributed by atoms with Crippen molar-refractivity contribution in [2.75, 3.05) is 7.11 Å². The summed E-state index contributed by atoms with van der Waals surface area (Å²) in [6.07, 6.45) is 0.806. The largest absolute Gasteiger partial charge is 0.496 e. The van der Waals surface area contributed by atoms with E-state index in [4.69, 9.17) is 4.74 Å². The number of hydrazone groups is 1. The van der Waals surface area contributed by atoms with E-state index in [0.29, 0.717) is 11.3 Å². The van der Waals surface area contributed by atoms with Crippen LogP contribution in [0.25, 0.3) is 0 Å². The number of ether oxygens (including phenoxy) is 1. The van der Waals surface area contributed by atoms with Gasteiger partial charge in [-0.3, -0.25) is 4.79 Å². The Morgan fingerprint density at radius 2 is 2.00 bits per heavy atom. The second-order valence-corrected chi connectivity index (χ2v) is 5.74. The molecule has 0 aliphatic carbocycles. The molecule has 4 heteroatoms. The van der Waals surface area contributed by atoms with Crippen molar-refractivity contribution >= 4 is 11.6 Å². The molecule has 20 heavy (non-hydrogen) atoms. The van der Waals surface area contributed by atoms with E-state index in [-0.39, 0.29) is 11.3 Å². The predicted octanol–water partition coefficient (Wildman–Crippen LogP) is 3.55. The highest BCUT2D eigenvalue weighted by atomic mass is 16.5. The minimum atomic E-state index is -0.211. The molecule has 110 valence electrons. The zero-order chi connectivity index (χ0) is 15.3. The van der Waals surface area contributed by atoms with E-state index in [0.717, 1.165) is 17.7 Å². The SMILES string of the molecule is CCC(=NNC(=O)c1cccc(OC)c1C)C(C)(C)C. The number of carbonyl (C=O) groups excluding carboxylic acids is 1. The lowest BCUT2D eigenvalue weighted by atomic mass is 9.88. The molecule has 0 aromatic heterocycles. The van der Waals surface area contributed by atoms with Crippen LogP contribution in [0.1, 0.15) is 50.0 Å². The molecule has 0 fully saturated rings. The summed E-state index contributed by atoms with van der Waals surface area (Å²) in [7, 11) is 1.59. The highest BCUT2D eigenvalue weighted by molar-refractivity contribution is 5.97. The number of nitrogens with one attached hydrogen (secondary N) is 1. The Morgan fingerprint density at radius 1 is 1.35 bits per heavy atom. The number of methoxy groups -OCH3 is 1. The van der Waals surface area contributed by atoms with Gasteiger partial charge in [0.25, 0.3) is 5.91 Å². The zero-order valence-corrected chi connectivity index (χ0v) is 13.2. The summed E-state index contributed by atoms with van der Waals surface area (Å²) < 4.78 is 5.22. The predicted molar refractivity (Wildman–Crippen MR) is 82.4 cm³/mol. The van der Waals surface area contributed by atoms with Gasteiger partial charge in [-0.05, 0) is 25.5 Å². The molecule has 1 aromatic rings. The smallest absolute Gasteiger partial charge is 0.271 e. The highest BCUT2D eigenvalue weighted by Gasteiger charge is 2.18. The quantitative estimate of drug-likeness (QED) is 0.675. The molecule has 4 nitrogen and oxygen atoms in total. The molecule has 1 N–H and O–H groups in total. The van der Waals surface area contributed by atoms with Gasteiger partial charge in [-0.1, -0.05) is 33.8 Å². The van der Waals surface area contributed by atoms with Gasteiger partial charge in [-0.25, -0.2) is 5.43 Å². The van der Waals surface area contributed by atoms with E-state index in [1.165, 1.54) is 0 Å². The van der Waals surface area contributed by atoms with Crippen molar-refractivity contribution in [2.45, 2.75) is 41.0 Å². The fraction of sp³-hybridized carbons (Fsp3) is 0.500. The van der Waals surface area contributed by atoms with Crippen LogP contribution >= 0.6 is 0 Å². The zero-order valence-electron chi connectivity index (χ0n) is 13.2. The molecule has 1 amide bonds. The second kappa shape index (κ2) is 6.55. The number of nitrogens with zero attached hydrogens (tertiary/aromatic N) is 1. The third-order valence-corrected chi connectivity index (χ3v) is 3.24. The van der Waals surface area contributed by atoms with Gasteiger partial charge in [0.15, 0.2) is 0 Å². The van der Waals surface area contributed by atoms with E-state index in [1.807, 2.05) is 19.9 Å². The first-order valence-corrected chi connectivity index (χ1v) is 6.82. The van der Waals surface area contributed by atoms with Crippen LogP contribution in [0.2, 0.25) is 0 Å². The van der Waals surface area contributed by atoms with E-state index in [2.05, 4.69) is 31.3 Å². The molecular weight excluding hydrogens is 252 g/mol. The molecule has 0 unspecified atom stereocenters. The van der Waals surface area contributed by atoms with Gasteiger partial charge in [-0.15, -0.1) is 0 Å². The molecule has 0 aliphatic rings. The summed E-state index contributed by atoms with van der Waals surface area (Å²) >= 11 is 0. The summed E-state index contributed by atoms with van der Waals surface area (Å²) in [5.74, 6) is 0.491. The fourth-order valence-electron chi connectivity index (χ4n) is 2.04. The molecule has 1 aromatic carbocycles. The molecule has 0 heterocycles. The number of hydrogen-bond donors (Lipinski definition) is 1. The number of hydrogen-bond acceptors (Lipinski definition) is 3. The standard InChI is InChI=1S/C16H24N2O2/c1-7-14(16(3,4)5)17-18-15(19)12-9-8-10-13(20-6)11(12)2/h8-10H,7H2,1-6H3,(H,18,19). The van der Waals surface area contributed by atoms with Crippen molar-refractivity contribution in [3.8, 4) is 5.75 Å². The van der Waals surface area contributed by atoms with Crippen LogP contribution in [0.4, 0.5) is 0 Å². The van der Waals surface area contributed by atoms with Crippen molar-refractivity contribution in [3.63, 3.8) is 0 Å². The number of rotatable bonds is 4. The van der Waals surface area contributed by atoms with Gasteiger partial charge >= 0.3 is 0 Å². The maximum atomic E-state index is 12.2. The van der Waals surface area contributed by atoms with Gasteiger partial charge in [0, 0.05) is 22.3 Å². The van der Waals surface area contributed by atoms with Gasteiger partial charge in [0.1, 0.15) is 5.75 Å². The van der Waals surface area contributed by atoms with Crippen molar-refractivity contribution in [1.29, 1.82) is 0 Å². The molecular formula is C16H24N2O2. The third kappa shape index (κ3) is 3.83. The number of benzene rings is 1. The van der Waals surface area contributed by atoms with E-state index >= 15 is 0 Å². The van der Waals surface area contributed by atoms with Crippen LogP contribution in [0.15, 0.2) is 23.3 Å². The van der Waals surface area contributed by atoms with Gasteiger partial charge in [0.05, 0.1) is 7.11 Å². The average Bonchev–Trinajstić information content (AvgIpc) is 2.37. The first-order valence-electron chi connectivity index (χ1n) is 6.82. The topological polar surface area (TPSA) is 50.7 Å². The van der Waals surface area contributed by atoms with Gasteiger partial charge in [-0.2, -0.15) is 5.10 Å². The summed E-state index contributed by atoms with van der Waals surface area (Å²) in [5, 5.41) is 4.26. The van der Waals surface area contributed by atoms with Crippen LogP contribution in [0.5, 0.6) is 5.75 Å². The Labute approximate surface area is 121 Å². The normalized spacial score (nSPS) is 12.2. The Balaban J connectivity index is 2.95. The molecule has 0 saturated carbocycles. The van der Waals surface area contributed by atoms with E-state index in [1.54, 1.807) is 19.2 Å². The van der Waals surface area contributed by atoms with Crippen LogP contribution in [0, 0.1) is 12.3 Å². The van der Waals surface area contributed by atoms with Crippen LogP contribution in [0.3, 0.4) is 0 Å². The molecule has 0 radical (unpaired) electrons. The maximum Gasteiger partial charge on any atom is 0.271 e.